The van der Waals surface area contributed by atoms with E-state index in [4.69, 9.17) is 14.3 Å². The fraction of sp³-hybridized carbons (Fsp3) is 0.429. The van der Waals surface area contributed by atoms with E-state index in [0.717, 1.165) is 17.5 Å². The third-order valence-corrected chi connectivity index (χ3v) is 4.28. The largest absolute Gasteiger partial charge is 0.481 e. The Morgan fingerprint density at radius 3 is 2.60 bits per heavy atom. The van der Waals surface area contributed by atoms with Crippen molar-refractivity contribution >= 4 is 17.0 Å². The van der Waals surface area contributed by atoms with Crippen LogP contribution in [0.25, 0.3) is 22.3 Å². The number of pyridine rings is 2. The summed E-state index contributed by atoms with van der Waals surface area (Å²) in [6.45, 7) is 7.18. The molecule has 30 heavy (non-hydrogen) atoms. The highest BCUT2D eigenvalue weighted by Crippen LogP contribution is 2.23. The average molecular weight is 413 g/mol. The van der Waals surface area contributed by atoms with Gasteiger partial charge in [0, 0.05) is 42.7 Å². The van der Waals surface area contributed by atoms with Crippen molar-refractivity contribution in [2.75, 3.05) is 25.8 Å². The van der Waals surface area contributed by atoms with Crippen LogP contribution in [-0.2, 0) is 16.1 Å². The molecule has 3 heterocycles. The Balaban J connectivity index is 2.03. The van der Waals surface area contributed by atoms with Crippen molar-refractivity contribution in [3.05, 3.63) is 40.9 Å². The molecule has 0 aromatic carbocycles. The summed E-state index contributed by atoms with van der Waals surface area (Å²) in [5.74, 6) is 0.623. The lowest BCUT2D eigenvalue weighted by atomic mass is 10.1. The van der Waals surface area contributed by atoms with E-state index < -0.39 is 0 Å². The first-order chi connectivity index (χ1) is 14.5. The van der Waals surface area contributed by atoms with Crippen LogP contribution < -0.4 is 15.8 Å². The molecular formula is C21H27N5O4. The molecular weight excluding hydrogens is 386 g/mol. The van der Waals surface area contributed by atoms with Crippen LogP contribution >= 0.6 is 0 Å². The Morgan fingerprint density at radius 1 is 1.13 bits per heavy atom. The minimum absolute atomic E-state index is 0.0954. The van der Waals surface area contributed by atoms with Crippen molar-refractivity contribution in [3.63, 3.8) is 0 Å². The van der Waals surface area contributed by atoms with Gasteiger partial charge >= 0.3 is 0 Å². The average Bonchev–Trinajstić information content (AvgIpc) is 2.76. The molecule has 0 atom stereocenters. The zero-order chi connectivity index (χ0) is 21.5. The van der Waals surface area contributed by atoms with E-state index in [-0.39, 0.29) is 17.5 Å². The van der Waals surface area contributed by atoms with Gasteiger partial charge in [-0.1, -0.05) is 6.92 Å². The second-order valence-corrected chi connectivity index (χ2v) is 6.95. The van der Waals surface area contributed by atoms with Crippen molar-refractivity contribution in [1.29, 1.82) is 0 Å². The summed E-state index contributed by atoms with van der Waals surface area (Å²) >= 11 is 0. The van der Waals surface area contributed by atoms with Crippen LogP contribution in [0.5, 0.6) is 5.88 Å². The maximum Gasteiger partial charge on any atom is 0.296 e. The molecule has 0 bridgehead atoms. The fourth-order valence-corrected chi connectivity index (χ4v) is 2.82. The van der Waals surface area contributed by atoms with Gasteiger partial charge in [0.05, 0.1) is 25.3 Å². The number of aromatic nitrogens is 4. The molecule has 0 fully saturated rings. The normalized spacial score (nSPS) is 11.2. The zero-order valence-corrected chi connectivity index (χ0v) is 17.7. The zero-order valence-electron chi connectivity index (χ0n) is 17.7. The quantitative estimate of drug-likeness (QED) is 0.400. The van der Waals surface area contributed by atoms with Gasteiger partial charge in [0.1, 0.15) is 0 Å². The fourth-order valence-electron chi connectivity index (χ4n) is 2.82. The number of nitrogens with zero attached hydrogens (tertiary/aromatic N) is 4. The molecule has 0 aliphatic heterocycles. The van der Waals surface area contributed by atoms with E-state index in [0.29, 0.717) is 36.8 Å². The molecule has 1 N–H and O–H groups in total. The smallest absolute Gasteiger partial charge is 0.296 e. The van der Waals surface area contributed by atoms with Crippen LogP contribution in [0, 0.1) is 0 Å². The lowest BCUT2D eigenvalue weighted by Crippen LogP contribution is -2.28. The molecule has 0 radical (unpaired) electrons. The first kappa shape index (κ1) is 21.7. The first-order valence-electron chi connectivity index (χ1n) is 9.94. The number of fused-ring (bicyclic) bond motifs is 1. The van der Waals surface area contributed by atoms with Crippen LogP contribution in [0.15, 0.2) is 35.4 Å². The van der Waals surface area contributed by atoms with Crippen molar-refractivity contribution in [3.8, 4) is 17.0 Å². The highest BCUT2D eigenvalue weighted by Gasteiger charge is 2.14. The van der Waals surface area contributed by atoms with Crippen molar-refractivity contribution in [2.24, 2.45) is 0 Å². The molecule has 3 aromatic rings. The van der Waals surface area contributed by atoms with Crippen molar-refractivity contribution in [2.45, 2.75) is 39.8 Å². The third kappa shape index (κ3) is 5.11. The molecule has 0 unspecified atom stereocenters. The Hall–Kier alpha value is -3.04. The molecule has 9 heteroatoms. The van der Waals surface area contributed by atoms with Gasteiger partial charge in [-0.3, -0.25) is 14.2 Å². The lowest BCUT2D eigenvalue weighted by molar-refractivity contribution is 0.125. The highest BCUT2D eigenvalue weighted by molar-refractivity contribution is 5.78. The van der Waals surface area contributed by atoms with Gasteiger partial charge in [-0.15, -0.1) is 0 Å². The molecule has 0 saturated carbocycles. The number of rotatable bonds is 10. The van der Waals surface area contributed by atoms with Gasteiger partial charge in [0.2, 0.25) is 11.7 Å². The van der Waals surface area contributed by atoms with E-state index in [1.807, 2.05) is 32.9 Å². The number of methoxy groups -OCH3 is 1. The molecule has 3 aromatic heterocycles. The van der Waals surface area contributed by atoms with Crippen LogP contribution in [0.1, 0.15) is 27.2 Å². The molecule has 160 valence electrons. The molecule has 0 amide bonds. The Bertz CT molecular complexity index is 1030. The Kier molecular flexibility index (Phi) is 7.31. The first-order valence-corrected chi connectivity index (χ1v) is 9.94. The van der Waals surface area contributed by atoms with E-state index in [1.54, 1.807) is 30.1 Å². The maximum atomic E-state index is 13.0. The highest BCUT2D eigenvalue weighted by atomic mass is 16.7. The van der Waals surface area contributed by atoms with Gasteiger partial charge in [-0.2, -0.15) is 0 Å². The number of hydrogen-bond donors (Lipinski definition) is 1. The number of ether oxygens (including phenoxy) is 2. The third-order valence-electron chi connectivity index (χ3n) is 4.28. The summed E-state index contributed by atoms with van der Waals surface area (Å²) in [5, 5.41) is 0. The van der Waals surface area contributed by atoms with Gasteiger partial charge in [0.25, 0.3) is 5.56 Å². The van der Waals surface area contributed by atoms with E-state index >= 15 is 0 Å². The number of nitrogens with one attached hydrogen (secondary N) is 1. The summed E-state index contributed by atoms with van der Waals surface area (Å²) in [5.41, 5.74) is 5.09. The molecule has 9 nitrogen and oxygen atoms in total. The summed E-state index contributed by atoms with van der Waals surface area (Å²) in [4.78, 5) is 31.5. The summed E-state index contributed by atoms with van der Waals surface area (Å²) in [7, 11) is 1.57. The second kappa shape index (κ2) is 10.1. The standard InChI is InChI=1S/C21H27N5O4/c1-5-9-29-10-8-26-17-11-16(15-6-7-18(28-4)22-12-15)13-23-19(17)24-20(21(26)27)25-30-14(2)3/h6-7,11-14H,5,8-10H2,1-4H3,(H,23,24,25). The second-order valence-electron chi connectivity index (χ2n) is 6.95. The van der Waals surface area contributed by atoms with Crippen LogP contribution in [0.4, 0.5) is 5.82 Å². The van der Waals surface area contributed by atoms with Crippen LogP contribution in [0.3, 0.4) is 0 Å². The minimum Gasteiger partial charge on any atom is -0.481 e. The van der Waals surface area contributed by atoms with Gasteiger partial charge < -0.3 is 9.47 Å². The Morgan fingerprint density at radius 2 is 1.93 bits per heavy atom. The molecule has 0 saturated heterocycles. The van der Waals surface area contributed by atoms with Crippen LogP contribution in [0.2, 0.25) is 0 Å². The minimum atomic E-state index is -0.296. The summed E-state index contributed by atoms with van der Waals surface area (Å²) in [6.07, 6.45) is 4.21. The lowest BCUT2D eigenvalue weighted by Gasteiger charge is -2.14. The molecule has 3 rings (SSSR count). The molecule has 0 aliphatic carbocycles. The summed E-state index contributed by atoms with van der Waals surface area (Å²) in [6, 6.07) is 5.55. The predicted octanol–water partition coefficient (Wildman–Crippen LogP) is 3.04. The van der Waals surface area contributed by atoms with Gasteiger partial charge in [-0.25, -0.2) is 20.4 Å². The molecule has 0 aliphatic rings. The van der Waals surface area contributed by atoms with Crippen molar-refractivity contribution < 1.29 is 14.3 Å². The maximum absolute atomic E-state index is 13.0. The summed E-state index contributed by atoms with van der Waals surface area (Å²) < 4.78 is 12.3. The van der Waals surface area contributed by atoms with Crippen molar-refractivity contribution in [1.82, 2.24) is 19.5 Å². The number of anilines is 1. The monoisotopic (exact) mass is 413 g/mol. The van der Waals surface area contributed by atoms with E-state index in [2.05, 4.69) is 20.4 Å². The molecule has 0 spiro atoms. The number of hydrogen-bond acceptors (Lipinski definition) is 8. The predicted molar refractivity (Wildman–Crippen MR) is 115 cm³/mol. The SMILES string of the molecule is CCCOCCn1c(=O)c(NOC(C)C)nc2ncc(-c3ccc(OC)nc3)cc21. The van der Waals surface area contributed by atoms with E-state index in [9.17, 15) is 4.79 Å². The van der Waals surface area contributed by atoms with E-state index in [1.165, 1.54) is 0 Å². The Labute approximate surface area is 175 Å². The van der Waals surface area contributed by atoms with Gasteiger partial charge in [-0.05, 0) is 32.4 Å². The van der Waals surface area contributed by atoms with Gasteiger partial charge in [0.15, 0.2) is 5.65 Å². The van der Waals surface area contributed by atoms with Crippen LogP contribution in [-0.4, -0.2) is 45.9 Å². The topological polar surface area (TPSA) is 100 Å².